The zero-order valence-electron chi connectivity index (χ0n) is 16.4. The summed E-state index contributed by atoms with van der Waals surface area (Å²) in [6.45, 7) is 2.10. The standard InChI is InChI=1S/C25H24N2O2/c1-20(27-24(28)29-18-21-11-5-2-6-12-21)17-25(19-26,22-13-7-3-8-14-22)23-15-9-4-10-16-23/h2-16,20H,17-18H2,1H3,(H,27,28)/t20-/m0/s1. The van der Waals surface area contributed by atoms with Gasteiger partial charge in [-0.3, -0.25) is 0 Å². The van der Waals surface area contributed by atoms with Crippen LogP contribution in [0.25, 0.3) is 0 Å². The zero-order valence-corrected chi connectivity index (χ0v) is 16.4. The largest absolute Gasteiger partial charge is 0.445 e. The van der Waals surface area contributed by atoms with Crippen molar-refractivity contribution in [1.29, 1.82) is 5.26 Å². The Labute approximate surface area is 171 Å². The van der Waals surface area contributed by atoms with Gasteiger partial charge in [0, 0.05) is 6.04 Å². The van der Waals surface area contributed by atoms with Crippen LogP contribution in [0.1, 0.15) is 30.0 Å². The molecule has 3 aromatic carbocycles. The summed E-state index contributed by atoms with van der Waals surface area (Å²) in [5, 5.41) is 13.1. The summed E-state index contributed by atoms with van der Waals surface area (Å²) in [5.74, 6) is 0. The van der Waals surface area contributed by atoms with Crippen LogP contribution >= 0.6 is 0 Å². The molecule has 0 unspecified atom stereocenters. The van der Waals surface area contributed by atoms with Crippen LogP contribution in [0.4, 0.5) is 4.79 Å². The van der Waals surface area contributed by atoms with Crippen LogP contribution in [0.5, 0.6) is 0 Å². The molecule has 1 atom stereocenters. The molecule has 146 valence electrons. The van der Waals surface area contributed by atoms with Crippen molar-refractivity contribution in [2.45, 2.75) is 31.4 Å². The van der Waals surface area contributed by atoms with Gasteiger partial charge in [-0.25, -0.2) is 4.79 Å². The predicted octanol–water partition coefficient (Wildman–Crippen LogP) is 5.20. The van der Waals surface area contributed by atoms with Gasteiger partial charge < -0.3 is 10.1 Å². The van der Waals surface area contributed by atoms with Crippen molar-refractivity contribution in [3.63, 3.8) is 0 Å². The van der Waals surface area contributed by atoms with Crippen LogP contribution in [-0.2, 0) is 16.8 Å². The summed E-state index contributed by atoms with van der Waals surface area (Å²) >= 11 is 0. The van der Waals surface area contributed by atoms with E-state index in [-0.39, 0.29) is 12.6 Å². The van der Waals surface area contributed by atoms with E-state index in [2.05, 4.69) is 11.4 Å². The summed E-state index contributed by atoms with van der Waals surface area (Å²) in [4.78, 5) is 12.3. The summed E-state index contributed by atoms with van der Waals surface area (Å²) in [6, 6.07) is 31.2. The molecule has 0 bridgehead atoms. The smallest absolute Gasteiger partial charge is 0.407 e. The lowest BCUT2D eigenvalue weighted by atomic mass is 9.71. The van der Waals surface area contributed by atoms with Crippen molar-refractivity contribution in [3.05, 3.63) is 108 Å². The first kappa shape index (κ1) is 20.2. The molecule has 1 amide bonds. The number of benzene rings is 3. The summed E-state index contributed by atoms with van der Waals surface area (Å²) < 4.78 is 5.33. The van der Waals surface area contributed by atoms with Gasteiger partial charge in [0.25, 0.3) is 0 Å². The summed E-state index contributed by atoms with van der Waals surface area (Å²) in [6.07, 6.45) is -0.0628. The zero-order chi connectivity index (χ0) is 20.5. The molecule has 29 heavy (non-hydrogen) atoms. The summed E-state index contributed by atoms with van der Waals surface area (Å²) in [5.41, 5.74) is 1.87. The van der Waals surface area contributed by atoms with Gasteiger partial charge in [-0.2, -0.15) is 5.26 Å². The molecule has 0 spiro atoms. The maximum Gasteiger partial charge on any atom is 0.407 e. The van der Waals surface area contributed by atoms with Crippen molar-refractivity contribution < 1.29 is 9.53 Å². The Balaban J connectivity index is 1.74. The first-order valence-electron chi connectivity index (χ1n) is 9.63. The number of amides is 1. The van der Waals surface area contributed by atoms with Crippen LogP contribution in [0, 0.1) is 11.3 Å². The molecular formula is C25H24N2O2. The Bertz CT molecular complexity index is 911. The number of alkyl carbamates (subject to hydrolysis) is 1. The minimum atomic E-state index is -0.866. The number of nitriles is 1. The van der Waals surface area contributed by atoms with Crippen molar-refractivity contribution in [2.24, 2.45) is 0 Å². The number of rotatable bonds is 7. The summed E-state index contributed by atoms with van der Waals surface area (Å²) in [7, 11) is 0. The Morgan fingerprint density at radius 1 is 0.931 bits per heavy atom. The number of hydrogen-bond donors (Lipinski definition) is 1. The average molecular weight is 384 g/mol. The lowest BCUT2D eigenvalue weighted by Crippen LogP contribution is -2.39. The monoisotopic (exact) mass is 384 g/mol. The first-order chi connectivity index (χ1) is 14.1. The molecule has 4 heteroatoms. The van der Waals surface area contributed by atoms with Gasteiger partial charge in [-0.15, -0.1) is 0 Å². The lowest BCUT2D eigenvalue weighted by Gasteiger charge is -2.31. The maximum atomic E-state index is 12.3. The molecule has 0 saturated heterocycles. The predicted molar refractivity (Wildman–Crippen MR) is 113 cm³/mol. The van der Waals surface area contributed by atoms with Crippen molar-refractivity contribution in [2.75, 3.05) is 0 Å². The number of nitrogens with zero attached hydrogens (tertiary/aromatic N) is 1. The van der Waals surface area contributed by atoms with Crippen LogP contribution in [0.2, 0.25) is 0 Å². The van der Waals surface area contributed by atoms with E-state index in [0.29, 0.717) is 6.42 Å². The van der Waals surface area contributed by atoms with E-state index in [9.17, 15) is 10.1 Å². The molecule has 0 aliphatic carbocycles. The van der Waals surface area contributed by atoms with E-state index in [1.807, 2.05) is 97.9 Å². The molecule has 0 radical (unpaired) electrons. The second kappa shape index (κ2) is 9.57. The lowest BCUT2D eigenvalue weighted by molar-refractivity contribution is 0.135. The van der Waals surface area contributed by atoms with Crippen LogP contribution in [0.3, 0.4) is 0 Å². The highest BCUT2D eigenvalue weighted by Gasteiger charge is 2.36. The normalized spacial score (nSPS) is 11.9. The SMILES string of the molecule is C[C@@H](CC(C#N)(c1ccccc1)c1ccccc1)NC(=O)OCc1ccccc1. The molecule has 0 aromatic heterocycles. The fourth-order valence-electron chi connectivity index (χ4n) is 3.50. The van der Waals surface area contributed by atoms with Crippen LogP contribution in [-0.4, -0.2) is 12.1 Å². The van der Waals surface area contributed by atoms with E-state index in [4.69, 9.17) is 4.74 Å². The fraction of sp³-hybridized carbons (Fsp3) is 0.200. The Kier molecular flexibility index (Phi) is 6.65. The van der Waals surface area contributed by atoms with Crippen molar-refractivity contribution in [1.82, 2.24) is 5.32 Å². The molecule has 3 aromatic rings. The highest BCUT2D eigenvalue weighted by Crippen LogP contribution is 2.36. The second-order valence-corrected chi connectivity index (χ2v) is 7.06. The molecule has 0 aliphatic rings. The van der Waals surface area contributed by atoms with E-state index >= 15 is 0 Å². The van der Waals surface area contributed by atoms with Gasteiger partial charge in [-0.05, 0) is 30.0 Å². The molecule has 0 saturated carbocycles. The number of carbonyl (C=O) groups is 1. The van der Waals surface area contributed by atoms with Gasteiger partial charge in [0.2, 0.25) is 0 Å². The fourth-order valence-corrected chi connectivity index (χ4v) is 3.50. The van der Waals surface area contributed by atoms with Crippen molar-refractivity contribution in [3.8, 4) is 6.07 Å². The van der Waals surface area contributed by atoms with Crippen LogP contribution in [0.15, 0.2) is 91.0 Å². The Hall–Kier alpha value is -3.58. The third-order valence-electron chi connectivity index (χ3n) is 4.91. The van der Waals surface area contributed by atoms with Gasteiger partial charge >= 0.3 is 6.09 Å². The van der Waals surface area contributed by atoms with E-state index in [1.54, 1.807) is 0 Å². The minimum Gasteiger partial charge on any atom is -0.445 e. The topological polar surface area (TPSA) is 62.1 Å². The molecule has 0 heterocycles. The van der Waals surface area contributed by atoms with Gasteiger partial charge in [-0.1, -0.05) is 91.0 Å². The number of nitrogens with one attached hydrogen (secondary N) is 1. The van der Waals surface area contributed by atoms with E-state index in [0.717, 1.165) is 16.7 Å². The molecule has 0 aliphatic heterocycles. The average Bonchev–Trinajstić information content (AvgIpc) is 2.78. The third kappa shape index (κ3) is 5.03. The minimum absolute atomic E-state index is 0.208. The number of hydrogen-bond acceptors (Lipinski definition) is 3. The molecular weight excluding hydrogens is 360 g/mol. The van der Waals surface area contributed by atoms with Gasteiger partial charge in [0.05, 0.1) is 6.07 Å². The maximum absolute atomic E-state index is 12.3. The third-order valence-corrected chi connectivity index (χ3v) is 4.91. The Morgan fingerprint density at radius 2 is 1.41 bits per heavy atom. The second-order valence-electron chi connectivity index (χ2n) is 7.06. The van der Waals surface area contributed by atoms with Gasteiger partial charge in [0.15, 0.2) is 0 Å². The highest BCUT2D eigenvalue weighted by molar-refractivity contribution is 5.67. The number of carbonyl (C=O) groups excluding carboxylic acids is 1. The van der Waals surface area contributed by atoms with Crippen molar-refractivity contribution >= 4 is 6.09 Å². The molecule has 1 N–H and O–H groups in total. The highest BCUT2D eigenvalue weighted by atomic mass is 16.5. The molecule has 0 fully saturated rings. The van der Waals surface area contributed by atoms with E-state index < -0.39 is 11.5 Å². The quantitative estimate of drug-likeness (QED) is 0.609. The Morgan fingerprint density at radius 3 is 1.90 bits per heavy atom. The number of ether oxygens (including phenoxy) is 1. The first-order valence-corrected chi connectivity index (χ1v) is 9.63. The molecule has 4 nitrogen and oxygen atoms in total. The van der Waals surface area contributed by atoms with Gasteiger partial charge in [0.1, 0.15) is 12.0 Å². The molecule has 3 rings (SSSR count). The van der Waals surface area contributed by atoms with E-state index in [1.165, 1.54) is 0 Å². The van der Waals surface area contributed by atoms with Crippen LogP contribution < -0.4 is 5.32 Å².